The maximum atomic E-state index is 8.82. The van der Waals surface area contributed by atoms with E-state index in [4.69, 9.17) is 10.00 Å². The first-order valence-electron chi connectivity index (χ1n) is 8.83. The van der Waals surface area contributed by atoms with E-state index >= 15 is 0 Å². The van der Waals surface area contributed by atoms with Crippen molar-refractivity contribution >= 4 is 11.8 Å². The van der Waals surface area contributed by atoms with Gasteiger partial charge in [-0.2, -0.15) is 5.26 Å². The summed E-state index contributed by atoms with van der Waals surface area (Å²) in [7, 11) is 1.67. The van der Waals surface area contributed by atoms with Crippen LogP contribution in [-0.2, 0) is 0 Å². The summed E-state index contributed by atoms with van der Waals surface area (Å²) in [5, 5.41) is 18.7. The summed E-state index contributed by atoms with van der Waals surface area (Å²) in [6, 6.07) is 10.6. The molecule has 25 heavy (non-hydrogen) atoms. The van der Waals surface area contributed by atoms with Crippen molar-refractivity contribution < 1.29 is 4.74 Å². The molecule has 1 aromatic carbocycles. The summed E-state index contributed by atoms with van der Waals surface area (Å²) in [6.45, 7) is 2.32. The van der Waals surface area contributed by atoms with E-state index in [1.165, 1.54) is 19.3 Å². The second-order valence-electron chi connectivity index (χ2n) is 6.49. The van der Waals surface area contributed by atoms with E-state index < -0.39 is 0 Å². The van der Waals surface area contributed by atoms with Crippen LogP contribution in [0.25, 0.3) is 11.4 Å². The van der Waals surface area contributed by atoms with Crippen LogP contribution in [0.3, 0.4) is 0 Å². The van der Waals surface area contributed by atoms with Crippen molar-refractivity contribution in [1.82, 2.24) is 14.8 Å². The molecular weight excluding hydrogens is 332 g/mol. The average molecular weight is 356 g/mol. The van der Waals surface area contributed by atoms with Gasteiger partial charge in [-0.15, -0.1) is 10.2 Å². The molecule has 2 atom stereocenters. The molecule has 5 nitrogen and oxygen atoms in total. The van der Waals surface area contributed by atoms with Gasteiger partial charge < -0.3 is 4.74 Å². The van der Waals surface area contributed by atoms with Gasteiger partial charge in [-0.3, -0.25) is 4.57 Å². The van der Waals surface area contributed by atoms with Gasteiger partial charge in [-0.1, -0.05) is 31.5 Å². The summed E-state index contributed by atoms with van der Waals surface area (Å²) in [5.74, 6) is 3.11. The third-order valence-corrected chi connectivity index (χ3v) is 5.80. The zero-order chi connectivity index (χ0) is 17.6. The van der Waals surface area contributed by atoms with E-state index in [1.54, 1.807) is 18.9 Å². The molecule has 0 amide bonds. The Kier molecular flexibility index (Phi) is 5.98. The highest BCUT2D eigenvalue weighted by molar-refractivity contribution is 7.99. The predicted molar refractivity (Wildman–Crippen MR) is 99.6 cm³/mol. The van der Waals surface area contributed by atoms with Gasteiger partial charge in [0.15, 0.2) is 11.0 Å². The number of rotatable bonds is 6. The number of hydrogen-bond donors (Lipinski definition) is 0. The van der Waals surface area contributed by atoms with E-state index in [9.17, 15) is 0 Å². The summed E-state index contributed by atoms with van der Waals surface area (Å²) in [5.41, 5.74) is 1.05. The van der Waals surface area contributed by atoms with Crippen LogP contribution in [0.1, 0.15) is 45.1 Å². The quantitative estimate of drug-likeness (QED) is 0.554. The number of nitrogens with zero attached hydrogens (tertiary/aromatic N) is 4. The molecule has 0 bridgehead atoms. The van der Waals surface area contributed by atoms with E-state index in [0.717, 1.165) is 34.5 Å². The maximum Gasteiger partial charge on any atom is 0.191 e. The second kappa shape index (κ2) is 8.39. The molecule has 1 aromatic heterocycles. The predicted octanol–water partition coefficient (Wildman–Crippen LogP) is 4.71. The zero-order valence-corrected chi connectivity index (χ0v) is 15.6. The van der Waals surface area contributed by atoms with Gasteiger partial charge in [0.25, 0.3) is 0 Å². The normalized spacial score (nSPS) is 20.2. The molecule has 3 rings (SSSR count). The van der Waals surface area contributed by atoms with E-state index in [1.807, 2.05) is 24.3 Å². The number of methoxy groups -OCH3 is 1. The van der Waals surface area contributed by atoms with Gasteiger partial charge in [0.1, 0.15) is 5.75 Å². The van der Waals surface area contributed by atoms with E-state index in [0.29, 0.717) is 18.4 Å². The minimum absolute atomic E-state index is 0.422. The van der Waals surface area contributed by atoms with Crippen molar-refractivity contribution in [3.8, 4) is 23.2 Å². The van der Waals surface area contributed by atoms with Gasteiger partial charge in [0, 0.05) is 23.8 Å². The zero-order valence-electron chi connectivity index (χ0n) is 14.8. The van der Waals surface area contributed by atoms with Crippen molar-refractivity contribution in [3.05, 3.63) is 24.3 Å². The topological polar surface area (TPSA) is 63.7 Å². The minimum Gasteiger partial charge on any atom is -0.497 e. The molecule has 1 fully saturated rings. The van der Waals surface area contributed by atoms with Gasteiger partial charge >= 0.3 is 0 Å². The van der Waals surface area contributed by atoms with E-state index in [2.05, 4.69) is 27.8 Å². The lowest BCUT2D eigenvalue weighted by molar-refractivity contribution is 0.247. The highest BCUT2D eigenvalue weighted by Crippen LogP contribution is 2.39. The van der Waals surface area contributed by atoms with Gasteiger partial charge in [-0.05, 0) is 43.0 Å². The third-order valence-electron chi connectivity index (χ3n) is 4.86. The van der Waals surface area contributed by atoms with E-state index in [-0.39, 0.29) is 0 Å². The van der Waals surface area contributed by atoms with Crippen LogP contribution < -0.4 is 4.74 Å². The Morgan fingerprint density at radius 1 is 1.24 bits per heavy atom. The van der Waals surface area contributed by atoms with Crippen LogP contribution in [-0.4, -0.2) is 27.6 Å². The van der Waals surface area contributed by atoms with Crippen molar-refractivity contribution in [1.29, 1.82) is 5.26 Å². The van der Waals surface area contributed by atoms with Crippen molar-refractivity contribution in [3.63, 3.8) is 0 Å². The molecule has 132 valence electrons. The molecule has 0 aliphatic heterocycles. The molecule has 0 unspecified atom stereocenters. The fraction of sp³-hybridized carbons (Fsp3) is 0.526. The molecule has 1 aliphatic carbocycles. The number of ether oxygens (including phenoxy) is 1. The number of aromatic nitrogens is 3. The average Bonchev–Trinajstić information content (AvgIpc) is 3.06. The number of hydrogen-bond acceptors (Lipinski definition) is 5. The molecule has 1 saturated carbocycles. The van der Waals surface area contributed by atoms with Gasteiger partial charge in [-0.25, -0.2) is 0 Å². The Morgan fingerprint density at radius 3 is 2.68 bits per heavy atom. The Bertz CT molecular complexity index is 735. The molecular formula is C19H24N4OS. The van der Waals surface area contributed by atoms with Crippen LogP contribution in [0.4, 0.5) is 0 Å². The summed E-state index contributed by atoms with van der Waals surface area (Å²) < 4.78 is 7.57. The first kappa shape index (κ1) is 17.8. The van der Waals surface area contributed by atoms with Crippen LogP contribution in [0.2, 0.25) is 0 Å². The molecule has 0 radical (unpaired) electrons. The Labute approximate surface area is 153 Å². The molecule has 0 spiro atoms. The first-order valence-corrected chi connectivity index (χ1v) is 9.82. The monoisotopic (exact) mass is 356 g/mol. The van der Waals surface area contributed by atoms with Crippen LogP contribution in [0, 0.1) is 17.2 Å². The first-order chi connectivity index (χ1) is 12.2. The van der Waals surface area contributed by atoms with Crippen LogP contribution in [0.15, 0.2) is 29.4 Å². The fourth-order valence-corrected chi connectivity index (χ4v) is 4.31. The summed E-state index contributed by atoms with van der Waals surface area (Å²) in [4.78, 5) is 0. The Hall–Kier alpha value is -2.00. The standard InChI is InChI=1S/C19H24N4OS/c1-14-6-3-4-7-17(14)23-18(15-8-10-16(24-2)11-9-15)21-22-19(23)25-13-5-12-20/h8-11,14,17H,3-7,13H2,1-2H3/t14-,17-/m1/s1. The van der Waals surface area contributed by atoms with Crippen molar-refractivity contribution in [2.75, 3.05) is 12.9 Å². The van der Waals surface area contributed by atoms with Crippen molar-refractivity contribution in [2.45, 2.75) is 50.2 Å². The lowest BCUT2D eigenvalue weighted by atomic mass is 9.85. The third kappa shape index (κ3) is 3.98. The molecule has 2 aromatic rings. The Morgan fingerprint density at radius 2 is 2.00 bits per heavy atom. The Balaban J connectivity index is 1.97. The molecule has 0 N–H and O–H groups in total. The fourth-order valence-electron chi connectivity index (χ4n) is 3.48. The number of benzene rings is 1. The smallest absolute Gasteiger partial charge is 0.191 e. The highest BCUT2D eigenvalue weighted by atomic mass is 32.2. The SMILES string of the molecule is COc1ccc(-c2nnc(SCCC#N)n2[C@@H]2CCCC[C@H]2C)cc1. The number of thioether (sulfide) groups is 1. The van der Waals surface area contributed by atoms with Gasteiger partial charge in [0.2, 0.25) is 0 Å². The molecule has 1 heterocycles. The minimum atomic E-state index is 0.422. The maximum absolute atomic E-state index is 8.82. The largest absolute Gasteiger partial charge is 0.497 e. The molecule has 0 saturated heterocycles. The highest BCUT2D eigenvalue weighted by Gasteiger charge is 2.28. The molecule has 1 aliphatic rings. The summed E-state index contributed by atoms with van der Waals surface area (Å²) >= 11 is 1.63. The van der Waals surface area contributed by atoms with Crippen molar-refractivity contribution in [2.24, 2.45) is 5.92 Å². The molecule has 6 heteroatoms. The second-order valence-corrected chi connectivity index (χ2v) is 7.55. The number of nitriles is 1. The van der Waals surface area contributed by atoms with Gasteiger partial charge in [0.05, 0.1) is 13.2 Å². The summed E-state index contributed by atoms with van der Waals surface area (Å²) in [6.07, 6.45) is 5.48. The van der Waals surface area contributed by atoms with Crippen LogP contribution in [0.5, 0.6) is 5.75 Å². The lowest BCUT2D eigenvalue weighted by Gasteiger charge is -2.31. The van der Waals surface area contributed by atoms with Crippen LogP contribution >= 0.6 is 11.8 Å². The lowest BCUT2D eigenvalue weighted by Crippen LogP contribution is -2.22.